The summed E-state index contributed by atoms with van der Waals surface area (Å²) in [5, 5.41) is 11.1. The topological polar surface area (TPSA) is 92.8 Å². The molecule has 0 unspecified atom stereocenters. The van der Waals surface area contributed by atoms with Crippen LogP contribution in [0.4, 0.5) is 4.79 Å². The van der Waals surface area contributed by atoms with E-state index >= 15 is 0 Å². The van der Waals surface area contributed by atoms with Crippen LogP contribution in [0.3, 0.4) is 0 Å². The normalized spacial score (nSPS) is 14.8. The van der Waals surface area contributed by atoms with Gasteiger partial charge in [-0.3, -0.25) is 10.1 Å². The average Bonchev–Trinajstić information content (AvgIpc) is 3.40. The molecular weight excluding hydrogens is 374 g/mol. The summed E-state index contributed by atoms with van der Waals surface area (Å²) in [4.78, 5) is 21.6. The van der Waals surface area contributed by atoms with Crippen LogP contribution in [0.15, 0.2) is 30.6 Å². The molecule has 0 bridgehead atoms. The van der Waals surface area contributed by atoms with Gasteiger partial charge in [0.1, 0.15) is 10.7 Å². The molecule has 0 radical (unpaired) electrons. The van der Waals surface area contributed by atoms with Crippen LogP contribution in [0.5, 0.6) is 0 Å². The third kappa shape index (κ3) is 4.06. The van der Waals surface area contributed by atoms with Gasteiger partial charge in [0, 0.05) is 23.9 Å². The van der Waals surface area contributed by atoms with Crippen molar-refractivity contribution in [3.05, 3.63) is 42.0 Å². The van der Waals surface area contributed by atoms with Crippen molar-refractivity contribution in [2.24, 2.45) is 0 Å². The van der Waals surface area contributed by atoms with E-state index in [4.69, 9.17) is 4.98 Å². The van der Waals surface area contributed by atoms with Crippen molar-refractivity contribution in [1.82, 2.24) is 25.5 Å². The van der Waals surface area contributed by atoms with E-state index in [0.29, 0.717) is 12.5 Å². The lowest BCUT2D eigenvalue weighted by Crippen LogP contribution is -2.22. The molecule has 8 heteroatoms. The fourth-order valence-corrected chi connectivity index (χ4v) is 4.69. The lowest BCUT2D eigenvalue weighted by atomic mass is 9.86. The number of amides is 1. The summed E-state index contributed by atoms with van der Waals surface area (Å²) in [5.41, 5.74) is 3.86. The van der Waals surface area contributed by atoms with Crippen molar-refractivity contribution < 1.29 is 9.53 Å². The molecular formula is C20H23N5O2S. The fourth-order valence-electron chi connectivity index (χ4n) is 3.59. The van der Waals surface area contributed by atoms with Gasteiger partial charge in [-0.15, -0.1) is 11.3 Å². The molecule has 0 atom stereocenters. The number of nitrogens with one attached hydrogen (secondary N) is 2. The number of aromatic nitrogens is 4. The van der Waals surface area contributed by atoms with Crippen molar-refractivity contribution in [3.63, 3.8) is 0 Å². The van der Waals surface area contributed by atoms with E-state index in [1.165, 1.54) is 39.2 Å². The molecule has 3 aromatic rings. The van der Waals surface area contributed by atoms with Crippen molar-refractivity contribution >= 4 is 17.4 Å². The zero-order chi connectivity index (χ0) is 19.3. The van der Waals surface area contributed by atoms with Gasteiger partial charge in [0.2, 0.25) is 0 Å². The van der Waals surface area contributed by atoms with Crippen LogP contribution < -0.4 is 5.32 Å². The molecule has 3 heterocycles. The van der Waals surface area contributed by atoms with Gasteiger partial charge in [0.25, 0.3) is 0 Å². The third-order valence-corrected chi connectivity index (χ3v) is 6.17. The summed E-state index contributed by atoms with van der Waals surface area (Å²) in [6.07, 6.45) is 9.30. The Kier molecular flexibility index (Phi) is 5.66. The van der Waals surface area contributed by atoms with Gasteiger partial charge in [0.05, 0.1) is 29.9 Å². The quantitative estimate of drug-likeness (QED) is 0.661. The first kappa shape index (κ1) is 18.6. The zero-order valence-corrected chi connectivity index (χ0v) is 16.6. The van der Waals surface area contributed by atoms with Crippen LogP contribution >= 0.6 is 11.3 Å². The number of rotatable bonds is 5. The van der Waals surface area contributed by atoms with E-state index in [9.17, 15) is 4.79 Å². The van der Waals surface area contributed by atoms with Gasteiger partial charge >= 0.3 is 6.09 Å². The Balaban J connectivity index is 1.66. The number of nitrogens with zero attached hydrogens (tertiary/aromatic N) is 3. The molecule has 146 valence electrons. The van der Waals surface area contributed by atoms with Crippen LogP contribution in [0.1, 0.15) is 49.4 Å². The maximum Gasteiger partial charge on any atom is 0.407 e. The number of methoxy groups -OCH3 is 1. The van der Waals surface area contributed by atoms with E-state index in [2.05, 4.69) is 25.2 Å². The number of aromatic amines is 1. The highest BCUT2D eigenvalue weighted by Crippen LogP contribution is 2.42. The Labute approximate surface area is 167 Å². The smallest absolute Gasteiger partial charge is 0.407 e. The van der Waals surface area contributed by atoms with Gasteiger partial charge in [-0.25, -0.2) is 9.78 Å². The van der Waals surface area contributed by atoms with Crippen molar-refractivity contribution in [2.45, 2.75) is 44.6 Å². The van der Waals surface area contributed by atoms with Crippen LogP contribution in [-0.4, -0.2) is 33.4 Å². The number of hydrogen-bond acceptors (Lipinski definition) is 6. The molecule has 1 aliphatic rings. The first-order valence-electron chi connectivity index (χ1n) is 9.52. The van der Waals surface area contributed by atoms with E-state index < -0.39 is 6.09 Å². The summed E-state index contributed by atoms with van der Waals surface area (Å²) >= 11 is 1.66. The maximum absolute atomic E-state index is 11.3. The second-order valence-corrected chi connectivity index (χ2v) is 7.93. The van der Waals surface area contributed by atoms with Crippen molar-refractivity contribution in [1.29, 1.82) is 0 Å². The van der Waals surface area contributed by atoms with Gasteiger partial charge < -0.3 is 10.1 Å². The van der Waals surface area contributed by atoms with E-state index in [1.807, 2.05) is 24.4 Å². The summed E-state index contributed by atoms with van der Waals surface area (Å²) in [6.45, 7) is 0.340. The number of carbonyl (C=O) groups is 1. The van der Waals surface area contributed by atoms with E-state index in [0.717, 1.165) is 32.5 Å². The monoisotopic (exact) mass is 397 g/mol. The van der Waals surface area contributed by atoms with Gasteiger partial charge in [0.15, 0.2) is 0 Å². The molecule has 3 aromatic heterocycles. The largest absolute Gasteiger partial charge is 0.453 e. The average molecular weight is 398 g/mol. The fraction of sp³-hybridized carbons (Fsp3) is 0.400. The number of hydrogen-bond donors (Lipinski definition) is 2. The molecule has 1 amide bonds. The third-order valence-electron chi connectivity index (χ3n) is 5.03. The SMILES string of the molecule is COC(=O)NCc1cc(-c2sc(-c3cccnc3)nc2C2CCCCC2)n[nH]1. The summed E-state index contributed by atoms with van der Waals surface area (Å²) in [6, 6.07) is 5.95. The molecule has 0 aromatic carbocycles. The molecule has 7 nitrogen and oxygen atoms in total. The highest BCUT2D eigenvalue weighted by molar-refractivity contribution is 7.18. The second-order valence-electron chi connectivity index (χ2n) is 6.93. The zero-order valence-electron chi connectivity index (χ0n) is 15.8. The predicted molar refractivity (Wildman–Crippen MR) is 108 cm³/mol. The van der Waals surface area contributed by atoms with Crippen LogP contribution in [-0.2, 0) is 11.3 Å². The molecule has 0 aliphatic heterocycles. The highest BCUT2D eigenvalue weighted by Gasteiger charge is 2.25. The molecule has 1 aliphatic carbocycles. The number of H-pyrrole nitrogens is 1. The van der Waals surface area contributed by atoms with Gasteiger partial charge in [-0.2, -0.15) is 5.10 Å². The van der Waals surface area contributed by atoms with E-state index in [1.54, 1.807) is 17.5 Å². The number of carbonyl (C=O) groups excluding carboxylic acids is 1. The molecule has 0 saturated heterocycles. The lowest BCUT2D eigenvalue weighted by molar-refractivity contribution is 0.170. The summed E-state index contributed by atoms with van der Waals surface area (Å²) in [7, 11) is 1.35. The standard InChI is InChI=1S/C20H23N5O2S/c1-27-20(26)22-12-15-10-16(25-24-15)18-17(13-6-3-2-4-7-13)23-19(28-18)14-8-5-9-21-11-14/h5,8-11,13H,2-4,6-7,12H2,1H3,(H,22,26)(H,24,25). The minimum Gasteiger partial charge on any atom is -0.453 e. The maximum atomic E-state index is 11.3. The Bertz CT molecular complexity index is 931. The Morgan fingerprint density at radius 1 is 1.36 bits per heavy atom. The first-order chi connectivity index (χ1) is 13.7. The number of pyridine rings is 1. The van der Waals surface area contributed by atoms with Crippen molar-refractivity contribution in [3.8, 4) is 21.1 Å². The molecule has 28 heavy (non-hydrogen) atoms. The molecule has 4 rings (SSSR count). The minimum atomic E-state index is -0.462. The summed E-state index contributed by atoms with van der Waals surface area (Å²) < 4.78 is 4.62. The second kappa shape index (κ2) is 8.52. The predicted octanol–water partition coefficient (Wildman–Crippen LogP) is 4.50. The van der Waals surface area contributed by atoms with Crippen LogP contribution in [0.2, 0.25) is 0 Å². The highest BCUT2D eigenvalue weighted by atomic mass is 32.1. The number of thiazole rings is 1. The van der Waals surface area contributed by atoms with Crippen LogP contribution in [0.25, 0.3) is 21.1 Å². The molecule has 0 spiro atoms. The minimum absolute atomic E-state index is 0.340. The Hall–Kier alpha value is -2.74. The summed E-state index contributed by atoms with van der Waals surface area (Å²) in [5.74, 6) is 0.471. The van der Waals surface area contributed by atoms with Gasteiger partial charge in [-0.05, 0) is 31.0 Å². The van der Waals surface area contributed by atoms with Crippen LogP contribution in [0, 0.1) is 0 Å². The molecule has 1 saturated carbocycles. The van der Waals surface area contributed by atoms with Gasteiger partial charge in [-0.1, -0.05) is 19.3 Å². The lowest BCUT2D eigenvalue weighted by Gasteiger charge is -2.20. The van der Waals surface area contributed by atoms with Crippen molar-refractivity contribution in [2.75, 3.05) is 7.11 Å². The Morgan fingerprint density at radius 2 is 2.21 bits per heavy atom. The van der Waals surface area contributed by atoms with E-state index in [-0.39, 0.29) is 0 Å². The number of alkyl carbamates (subject to hydrolysis) is 1. The Morgan fingerprint density at radius 3 is 2.96 bits per heavy atom. The first-order valence-corrected chi connectivity index (χ1v) is 10.3. The molecule has 1 fully saturated rings. The number of ether oxygens (including phenoxy) is 1. The molecule has 2 N–H and O–H groups in total.